The number of rotatable bonds is 9. The van der Waals surface area contributed by atoms with Gasteiger partial charge in [-0.2, -0.15) is 5.10 Å². The molecule has 0 spiro atoms. The molecule has 0 N–H and O–H groups in total. The fourth-order valence-electron chi connectivity index (χ4n) is 5.44. The van der Waals surface area contributed by atoms with Crippen molar-refractivity contribution in [1.29, 1.82) is 0 Å². The van der Waals surface area contributed by atoms with E-state index >= 15 is 4.39 Å². The van der Waals surface area contributed by atoms with Crippen molar-refractivity contribution in [1.82, 2.24) is 14.7 Å². The van der Waals surface area contributed by atoms with Crippen LogP contribution in [0.4, 0.5) is 13.6 Å². The number of amides is 1. The van der Waals surface area contributed by atoms with Gasteiger partial charge in [0, 0.05) is 25.1 Å². The second-order valence-corrected chi connectivity index (χ2v) is 9.36. The summed E-state index contributed by atoms with van der Waals surface area (Å²) >= 11 is 0. The highest BCUT2D eigenvalue weighted by Gasteiger charge is 2.48. The zero-order valence-electron chi connectivity index (χ0n) is 21.6. The second-order valence-electron chi connectivity index (χ2n) is 9.36. The van der Waals surface area contributed by atoms with E-state index in [0.29, 0.717) is 24.9 Å². The molecule has 0 aliphatic carbocycles. The Hall–Kier alpha value is -4.32. The summed E-state index contributed by atoms with van der Waals surface area (Å²) in [6.45, 7) is -0.189. The molecule has 0 radical (unpaired) electrons. The van der Waals surface area contributed by atoms with Crippen LogP contribution in [0.15, 0.2) is 59.5 Å². The normalized spacial score (nSPS) is 18.6. The van der Waals surface area contributed by atoms with Gasteiger partial charge in [0.2, 0.25) is 18.0 Å². The molecule has 3 aromatic rings. The molecule has 3 atom stereocenters. The highest BCUT2D eigenvalue weighted by Crippen LogP contribution is 2.46. The smallest absolute Gasteiger partial charge is 0.451 e. The number of methoxy groups -OCH3 is 1. The van der Waals surface area contributed by atoms with Gasteiger partial charge in [0.1, 0.15) is 6.61 Å². The number of aromatic nitrogens is 2. The van der Waals surface area contributed by atoms with Crippen molar-refractivity contribution >= 4 is 12.1 Å². The lowest BCUT2D eigenvalue weighted by Crippen LogP contribution is -2.51. The van der Waals surface area contributed by atoms with Crippen molar-refractivity contribution in [2.75, 3.05) is 33.7 Å². The van der Waals surface area contributed by atoms with Crippen molar-refractivity contribution in [3.05, 3.63) is 93.4 Å². The first-order valence-electron chi connectivity index (χ1n) is 12.7. The van der Waals surface area contributed by atoms with E-state index in [1.165, 1.54) is 23.9 Å². The Bertz CT molecular complexity index is 1450. The molecule has 3 heterocycles. The maximum Gasteiger partial charge on any atom is 0.511 e. The molecule has 0 saturated carbocycles. The van der Waals surface area contributed by atoms with Gasteiger partial charge in [-0.05, 0) is 24.5 Å². The Morgan fingerprint density at radius 2 is 1.88 bits per heavy atom. The van der Waals surface area contributed by atoms with Crippen molar-refractivity contribution < 1.29 is 37.3 Å². The number of hydrogen-bond acceptors (Lipinski definition) is 8. The fraction of sp³-hybridized carbons (Fsp3) is 0.357. The average Bonchev–Trinajstić information content (AvgIpc) is 3.45. The molecule has 0 unspecified atom stereocenters. The molecule has 2 aliphatic rings. The molecule has 2 aromatic carbocycles. The van der Waals surface area contributed by atoms with E-state index < -0.39 is 53.9 Å². The average molecular weight is 556 g/mol. The molecule has 2 aliphatic heterocycles. The third-order valence-electron chi connectivity index (χ3n) is 7.11. The summed E-state index contributed by atoms with van der Waals surface area (Å²) in [7, 11) is 1.44. The third kappa shape index (κ3) is 5.14. The number of nitrogens with zero attached hydrogens (tertiary/aromatic N) is 3. The number of halogens is 2. The van der Waals surface area contributed by atoms with E-state index in [1.54, 1.807) is 29.2 Å². The molecule has 10 nitrogen and oxygen atoms in total. The van der Waals surface area contributed by atoms with E-state index in [9.17, 15) is 18.8 Å². The maximum atomic E-state index is 15.4. The van der Waals surface area contributed by atoms with Crippen LogP contribution < -0.4 is 10.2 Å². The fourth-order valence-corrected chi connectivity index (χ4v) is 5.44. The molecule has 1 saturated heterocycles. The topological polar surface area (TPSA) is 109 Å². The Morgan fingerprint density at radius 1 is 1.07 bits per heavy atom. The summed E-state index contributed by atoms with van der Waals surface area (Å²) in [6.07, 6.45) is 1.21. The summed E-state index contributed by atoms with van der Waals surface area (Å²) in [5.41, 5.74) is -0.104. The predicted molar refractivity (Wildman–Crippen MR) is 136 cm³/mol. The van der Waals surface area contributed by atoms with Crippen LogP contribution in [0.25, 0.3) is 0 Å². The molecule has 0 bridgehead atoms. The van der Waals surface area contributed by atoms with Crippen LogP contribution >= 0.6 is 0 Å². The van der Waals surface area contributed by atoms with Crippen LogP contribution in [-0.4, -0.2) is 66.4 Å². The summed E-state index contributed by atoms with van der Waals surface area (Å²) in [4.78, 5) is 39.9. The van der Waals surface area contributed by atoms with Crippen molar-refractivity contribution in [2.24, 2.45) is 0 Å². The number of hydrogen-bond donors (Lipinski definition) is 0. The lowest BCUT2D eigenvalue weighted by molar-refractivity contribution is -0.00548. The largest absolute Gasteiger partial charge is 0.511 e. The summed E-state index contributed by atoms with van der Waals surface area (Å²) < 4.78 is 51.2. The minimum atomic E-state index is -1.05. The zero-order chi connectivity index (χ0) is 28.2. The van der Waals surface area contributed by atoms with Gasteiger partial charge in [-0.15, -0.1) is 0 Å². The lowest BCUT2D eigenvalue weighted by atomic mass is 9.79. The van der Waals surface area contributed by atoms with Crippen molar-refractivity contribution in [3.8, 4) is 5.75 Å². The first-order valence-corrected chi connectivity index (χ1v) is 12.7. The molecule has 12 heteroatoms. The third-order valence-corrected chi connectivity index (χ3v) is 7.11. The first kappa shape index (κ1) is 27.3. The number of carbonyl (C=O) groups excluding carboxylic acids is 2. The number of fused-ring (bicyclic) bond motifs is 2. The van der Waals surface area contributed by atoms with E-state index in [4.69, 9.17) is 18.9 Å². The van der Waals surface area contributed by atoms with E-state index in [-0.39, 0.29) is 30.2 Å². The van der Waals surface area contributed by atoms with E-state index in [2.05, 4.69) is 5.10 Å². The van der Waals surface area contributed by atoms with Crippen molar-refractivity contribution in [3.63, 3.8) is 0 Å². The van der Waals surface area contributed by atoms with E-state index in [1.807, 2.05) is 6.07 Å². The zero-order valence-corrected chi connectivity index (χ0v) is 21.6. The lowest BCUT2D eigenvalue weighted by Gasteiger charge is -2.42. The van der Waals surface area contributed by atoms with Gasteiger partial charge in [0.05, 0.1) is 24.9 Å². The number of benzene rings is 2. The second kappa shape index (κ2) is 11.8. The van der Waals surface area contributed by atoms with Gasteiger partial charge < -0.3 is 23.8 Å². The van der Waals surface area contributed by atoms with Gasteiger partial charge in [0.15, 0.2) is 17.3 Å². The van der Waals surface area contributed by atoms with Gasteiger partial charge in [-0.25, -0.2) is 13.6 Å². The summed E-state index contributed by atoms with van der Waals surface area (Å²) in [5.74, 6) is -3.64. The van der Waals surface area contributed by atoms with Crippen LogP contribution in [-0.2, 0) is 14.2 Å². The Labute approximate surface area is 228 Å². The molecular weight excluding hydrogens is 528 g/mol. The monoisotopic (exact) mass is 555 g/mol. The van der Waals surface area contributed by atoms with Crippen LogP contribution in [0.3, 0.4) is 0 Å². The quantitative estimate of drug-likeness (QED) is 0.224. The highest BCUT2D eigenvalue weighted by atomic mass is 19.2. The number of carbonyl (C=O) groups is 2. The summed E-state index contributed by atoms with van der Waals surface area (Å²) in [5, 5.41) is 4.30. The molecular formula is C28H27F2N3O7. The van der Waals surface area contributed by atoms with Gasteiger partial charge in [0.25, 0.3) is 5.91 Å². The minimum absolute atomic E-state index is 0.0450. The van der Waals surface area contributed by atoms with E-state index in [0.717, 1.165) is 12.3 Å². The first-order chi connectivity index (χ1) is 19.4. The van der Waals surface area contributed by atoms with Crippen LogP contribution in [0, 0.1) is 11.6 Å². The van der Waals surface area contributed by atoms with Crippen LogP contribution in [0.5, 0.6) is 5.75 Å². The van der Waals surface area contributed by atoms with Crippen molar-refractivity contribution in [2.45, 2.75) is 30.8 Å². The summed E-state index contributed by atoms with van der Waals surface area (Å²) in [6, 6.07) is 11.8. The Kier molecular flexibility index (Phi) is 8.06. The highest BCUT2D eigenvalue weighted by molar-refractivity contribution is 5.96. The molecule has 210 valence electrons. The Balaban J connectivity index is 1.59. The molecule has 1 amide bonds. The molecule has 1 fully saturated rings. The predicted octanol–water partition coefficient (Wildman–Crippen LogP) is 3.65. The van der Waals surface area contributed by atoms with Crippen LogP contribution in [0.2, 0.25) is 0 Å². The molecule has 40 heavy (non-hydrogen) atoms. The standard InChI is InChI=1S/C28H27F2N3O7/c1-37-13-14-38-28(36)40-16-39-26-21(34)15-31-33-24(20-11-6-12-32(20)27(35)25(26)33)22(17-7-3-2-4-8-17)18-9-5-10-19(29)23(18)30/h2-5,7-10,15,20,22,24H,6,11-14,16H2,1H3/t20-,22-,24-/m1/s1. The molecule has 1 aromatic heterocycles. The Morgan fingerprint density at radius 3 is 2.65 bits per heavy atom. The van der Waals surface area contributed by atoms with Gasteiger partial charge >= 0.3 is 6.16 Å². The minimum Gasteiger partial charge on any atom is -0.451 e. The number of ether oxygens (including phenoxy) is 4. The van der Waals surface area contributed by atoms with Gasteiger partial charge in [-0.1, -0.05) is 42.5 Å². The molecule has 5 rings (SSSR count). The maximum absolute atomic E-state index is 15.4. The van der Waals surface area contributed by atoms with Gasteiger partial charge in [-0.3, -0.25) is 14.3 Å². The SMILES string of the molecule is COCCOC(=O)OCOc1c2n(ncc1=O)[C@@H]([C@H](c1ccccc1)c1cccc(F)c1F)[C@H]1CCCN1C2=O. The van der Waals surface area contributed by atoms with Crippen LogP contribution in [0.1, 0.15) is 46.4 Å².